The molecule has 16 heavy (non-hydrogen) atoms. The lowest BCUT2D eigenvalue weighted by Crippen LogP contribution is -2.07. The topological polar surface area (TPSA) is 26.3 Å². The van der Waals surface area contributed by atoms with Gasteiger partial charge in [-0.25, -0.2) is 0 Å². The number of rotatable bonds is 5. The Bertz CT molecular complexity index is 356. The molecule has 0 saturated carbocycles. The monoisotopic (exact) mass is 220 g/mol. The van der Waals surface area contributed by atoms with Gasteiger partial charge in [0, 0.05) is 5.92 Å². The van der Waals surface area contributed by atoms with Crippen LogP contribution in [0.5, 0.6) is 5.75 Å². The lowest BCUT2D eigenvalue weighted by molar-refractivity contribution is -0.110. The molecule has 1 aromatic rings. The Kier molecular flexibility index (Phi) is 4.53. The van der Waals surface area contributed by atoms with Crippen LogP contribution in [-0.4, -0.2) is 12.4 Å². The second-order valence-electron chi connectivity index (χ2n) is 4.57. The molecule has 2 heteroatoms. The summed E-state index contributed by atoms with van der Waals surface area (Å²) in [7, 11) is 0. The van der Waals surface area contributed by atoms with Crippen LogP contribution >= 0.6 is 0 Å². The number of aryl methyl sites for hydroxylation is 1. The van der Waals surface area contributed by atoms with Gasteiger partial charge in [-0.2, -0.15) is 0 Å². The third-order valence-electron chi connectivity index (χ3n) is 2.46. The molecule has 0 aliphatic heterocycles. The fourth-order valence-corrected chi connectivity index (χ4v) is 1.64. The van der Waals surface area contributed by atoms with Gasteiger partial charge in [-0.15, -0.1) is 0 Å². The van der Waals surface area contributed by atoms with Gasteiger partial charge in [0.2, 0.25) is 0 Å². The maximum atomic E-state index is 10.6. The number of carbonyl (C=O) groups is 1. The van der Waals surface area contributed by atoms with Gasteiger partial charge in [0.1, 0.15) is 12.0 Å². The number of aldehydes is 1. The second-order valence-corrected chi connectivity index (χ2v) is 4.57. The predicted octanol–water partition coefficient (Wildman–Crippen LogP) is 3.16. The van der Waals surface area contributed by atoms with Crippen molar-refractivity contribution in [2.45, 2.75) is 40.2 Å². The van der Waals surface area contributed by atoms with Crippen LogP contribution in [0.15, 0.2) is 18.2 Å². The largest absolute Gasteiger partial charge is 0.491 e. The summed E-state index contributed by atoms with van der Waals surface area (Å²) in [6.07, 6.45) is 1.99. The Morgan fingerprint density at radius 2 is 2.00 bits per heavy atom. The van der Waals surface area contributed by atoms with E-state index in [9.17, 15) is 4.79 Å². The zero-order chi connectivity index (χ0) is 12.1. The van der Waals surface area contributed by atoms with Crippen LogP contribution in [0.2, 0.25) is 0 Å². The van der Waals surface area contributed by atoms with Crippen molar-refractivity contribution in [3.63, 3.8) is 0 Å². The molecule has 1 rings (SSSR count). The summed E-state index contributed by atoms with van der Waals surface area (Å²) < 4.78 is 5.61. The van der Waals surface area contributed by atoms with E-state index in [1.165, 1.54) is 11.1 Å². The molecule has 0 aliphatic rings. The summed E-state index contributed by atoms with van der Waals surface area (Å²) in [6, 6.07) is 6.06. The van der Waals surface area contributed by atoms with E-state index in [0.717, 1.165) is 18.5 Å². The SMILES string of the molecule is Cc1cc(OC(C)C)ccc1CC(C)C=O. The zero-order valence-electron chi connectivity index (χ0n) is 10.5. The molecule has 1 aromatic carbocycles. The normalized spacial score (nSPS) is 12.6. The quantitative estimate of drug-likeness (QED) is 0.712. The first-order chi connectivity index (χ1) is 7.52. The van der Waals surface area contributed by atoms with E-state index in [2.05, 4.69) is 6.92 Å². The van der Waals surface area contributed by atoms with Crippen molar-refractivity contribution in [2.75, 3.05) is 0 Å². The van der Waals surface area contributed by atoms with Gasteiger partial charge < -0.3 is 9.53 Å². The van der Waals surface area contributed by atoms with E-state index in [4.69, 9.17) is 4.74 Å². The molecule has 0 radical (unpaired) electrons. The van der Waals surface area contributed by atoms with E-state index < -0.39 is 0 Å². The predicted molar refractivity (Wildman–Crippen MR) is 65.9 cm³/mol. The summed E-state index contributed by atoms with van der Waals surface area (Å²) in [5.41, 5.74) is 2.41. The van der Waals surface area contributed by atoms with Crippen molar-refractivity contribution in [3.05, 3.63) is 29.3 Å². The molecule has 1 unspecified atom stereocenters. The lowest BCUT2D eigenvalue weighted by Gasteiger charge is -2.13. The first-order valence-corrected chi connectivity index (χ1v) is 5.74. The van der Waals surface area contributed by atoms with Crippen LogP contribution in [0.1, 0.15) is 31.9 Å². The zero-order valence-corrected chi connectivity index (χ0v) is 10.5. The van der Waals surface area contributed by atoms with Crippen LogP contribution in [0.4, 0.5) is 0 Å². The van der Waals surface area contributed by atoms with Crippen LogP contribution in [0.25, 0.3) is 0 Å². The van der Waals surface area contributed by atoms with E-state index in [1.807, 2.05) is 39.0 Å². The minimum absolute atomic E-state index is 0.0792. The fourth-order valence-electron chi connectivity index (χ4n) is 1.64. The molecule has 0 N–H and O–H groups in total. The molecule has 0 heterocycles. The molecular formula is C14H20O2. The van der Waals surface area contributed by atoms with Crippen molar-refractivity contribution in [1.82, 2.24) is 0 Å². The second kappa shape index (κ2) is 5.69. The maximum absolute atomic E-state index is 10.6. The maximum Gasteiger partial charge on any atom is 0.123 e. The van der Waals surface area contributed by atoms with Crippen LogP contribution in [0.3, 0.4) is 0 Å². The number of hydrogen-bond acceptors (Lipinski definition) is 2. The van der Waals surface area contributed by atoms with E-state index >= 15 is 0 Å². The van der Waals surface area contributed by atoms with Crippen molar-refractivity contribution in [1.29, 1.82) is 0 Å². The minimum Gasteiger partial charge on any atom is -0.491 e. The molecule has 0 amide bonds. The molecule has 88 valence electrons. The number of carbonyl (C=O) groups excluding carboxylic acids is 1. The van der Waals surface area contributed by atoms with Crippen LogP contribution in [-0.2, 0) is 11.2 Å². The van der Waals surface area contributed by atoms with Gasteiger partial charge >= 0.3 is 0 Å². The highest BCUT2D eigenvalue weighted by atomic mass is 16.5. The Balaban J connectivity index is 2.78. The van der Waals surface area contributed by atoms with Crippen molar-refractivity contribution in [3.8, 4) is 5.75 Å². The van der Waals surface area contributed by atoms with E-state index in [0.29, 0.717) is 0 Å². The molecule has 0 fully saturated rings. The third-order valence-corrected chi connectivity index (χ3v) is 2.46. The Labute approximate surface area is 97.6 Å². The van der Waals surface area contributed by atoms with Gasteiger partial charge in [0.15, 0.2) is 0 Å². The lowest BCUT2D eigenvalue weighted by atomic mass is 9.98. The number of ether oxygens (including phenoxy) is 1. The standard InChI is InChI=1S/C14H20O2/c1-10(2)16-14-6-5-13(12(4)8-14)7-11(3)9-15/h5-6,8-11H,7H2,1-4H3. The smallest absolute Gasteiger partial charge is 0.123 e. The highest BCUT2D eigenvalue weighted by Gasteiger charge is 2.06. The highest BCUT2D eigenvalue weighted by Crippen LogP contribution is 2.20. The van der Waals surface area contributed by atoms with Crippen LogP contribution in [0, 0.1) is 12.8 Å². The van der Waals surface area contributed by atoms with Crippen molar-refractivity contribution < 1.29 is 9.53 Å². The number of benzene rings is 1. The molecule has 0 bridgehead atoms. The van der Waals surface area contributed by atoms with E-state index in [-0.39, 0.29) is 12.0 Å². The molecule has 0 spiro atoms. The Morgan fingerprint density at radius 1 is 1.31 bits per heavy atom. The first kappa shape index (κ1) is 12.8. The minimum atomic E-state index is 0.0792. The van der Waals surface area contributed by atoms with Gasteiger partial charge in [0.05, 0.1) is 6.10 Å². The molecule has 1 atom stereocenters. The molecular weight excluding hydrogens is 200 g/mol. The summed E-state index contributed by atoms with van der Waals surface area (Å²) in [4.78, 5) is 10.6. The third kappa shape index (κ3) is 3.69. The fraction of sp³-hybridized carbons (Fsp3) is 0.500. The highest BCUT2D eigenvalue weighted by molar-refractivity contribution is 5.54. The molecule has 0 aliphatic carbocycles. The van der Waals surface area contributed by atoms with Gasteiger partial charge in [-0.1, -0.05) is 13.0 Å². The van der Waals surface area contributed by atoms with Crippen molar-refractivity contribution >= 4 is 6.29 Å². The van der Waals surface area contributed by atoms with Gasteiger partial charge in [-0.05, 0) is 50.5 Å². The van der Waals surface area contributed by atoms with Gasteiger partial charge in [-0.3, -0.25) is 0 Å². The Hall–Kier alpha value is -1.31. The van der Waals surface area contributed by atoms with Gasteiger partial charge in [0.25, 0.3) is 0 Å². The molecule has 2 nitrogen and oxygen atoms in total. The molecule has 0 aromatic heterocycles. The average molecular weight is 220 g/mol. The summed E-state index contributed by atoms with van der Waals surface area (Å²) >= 11 is 0. The summed E-state index contributed by atoms with van der Waals surface area (Å²) in [5.74, 6) is 0.977. The Morgan fingerprint density at radius 3 is 2.50 bits per heavy atom. The summed E-state index contributed by atoms with van der Waals surface area (Å²) in [6.45, 7) is 8.01. The summed E-state index contributed by atoms with van der Waals surface area (Å²) in [5, 5.41) is 0. The van der Waals surface area contributed by atoms with Crippen molar-refractivity contribution in [2.24, 2.45) is 5.92 Å². The average Bonchev–Trinajstić information content (AvgIpc) is 2.21. The van der Waals surface area contributed by atoms with Crippen LogP contribution < -0.4 is 4.74 Å². The first-order valence-electron chi connectivity index (χ1n) is 5.74. The number of hydrogen-bond donors (Lipinski definition) is 0. The van der Waals surface area contributed by atoms with E-state index in [1.54, 1.807) is 0 Å². The molecule has 0 saturated heterocycles.